The normalized spacial score (nSPS) is 42.5. The smallest absolute Gasteiger partial charge is 0.507 e. The van der Waals surface area contributed by atoms with Gasteiger partial charge in [-0.2, -0.15) is 0 Å². The highest BCUT2D eigenvalue weighted by atomic mass is 16.8. The van der Waals surface area contributed by atoms with Crippen molar-refractivity contribution in [3.63, 3.8) is 0 Å². The summed E-state index contributed by atoms with van der Waals surface area (Å²) in [4.78, 5) is 24.8. The van der Waals surface area contributed by atoms with Crippen molar-refractivity contribution in [3.05, 3.63) is 23.3 Å². The number of fused-ring (bicyclic) bond motifs is 4. The van der Waals surface area contributed by atoms with Crippen LogP contribution in [0.1, 0.15) is 35.4 Å². The van der Waals surface area contributed by atoms with Crippen LogP contribution in [-0.4, -0.2) is 73.6 Å². The second-order valence-electron chi connectivity index (χ2n) is 7.39. The van der Waals surface area contributed by atoms with Gasteiger partial charge in [-0.1, -0.05) is 0 Å². The fraction of sp³-hybridized carbons (Fsp3) is 0.529. The van der Waals surface area contributed by atoms with Crippen molar-refractivity contribution in [2.24, 2.45) is 0 Å². The molecule has 0 radical (unpaired) electrons. The number of benzene rings is 1. The van der Waals surface area contributed by atoms with E-state index in [0.717, 1.165) is 6.07 Å². The number of hydrogen-bond donors (Lipinski definition) is 5. The minimum atomic E-state index is -2.86. The van der Waals surface area contributed by atoms with E-state index in [1.165, 1.54) is 20.1 Å². The van der Waals surface area contributed by atoms with Crippen molar-refractivity contribution in [2.45, 2.75) is 48.5 Å². The molecule has 0 spiro atoms. The summed E-state index contributed by atoms with van der Waals surface area (Å²) in [6, 6.07) is 2.33. The highest BCUT2D eigenvalue weighted by Gasteiger charge is 2.77. The molecule has 3 unspecified atom stereocenters. The number of ether oxygens (including phenoxy) is 3. The van der Waals surface area contributed by atoms with Gasteiger partial charge >= 0.3 is 6.16 Å². The van der Waals surface area contributed by atoms with E-state index in [9.17, 15) is 35.1 Å². The molecule has 0 bridgehead atoms. The Labute approximate surface area is 152 Å². The van der Waals surface area contributed by atoms with E-state index in [-0.39, 0.29) is 11.3 Å². The SMILES string of the molecule is COc1cc(O)c2c(c1)C(O)C1(O)C[C@@](C)(O)[C@H]3OC(=O)O[C@@H]3C1(O)C2=O. The fourth-order valence-electron chi connectivity index (χ4n) is 4.42. The number of aliphatic hydroxyl groups excluding tert-OH is 1. The van der Waals surface area contributed by atoms with Crippen molar-refractivity contribution < 1.29 is 49.3 Å². The number of methoxy groups -OCH3 is 1. The quantitative estimate of drug-likeness (QED) is 0.387. The van der Waals surface area contributed by atoms with Crippen molar-refractivity contribution in [2.75, 3.05) is 7.11 Å². The average molecular weight is 382 g/mol. The van der Waals surface area contributed by atoms with Gasteiger partial charge in [-0.3, -0.25) is 4.79 Å². The summed E-state index contributed by atoms with van der Waals surface area (Å²) >= 11 is 0. The molecule has 1 saturated carbocycles. The number of phenolic OH excluding ortho intramolecular Hbond substituents is 1. The maximum Gasteiger partial charge on any atom is 0.509 e. The number of rotatable bonds is 1. The largest absolute Gasteiger partial charge is 0.509 e. The number of carbonyl (C=O) groups is 2. The molecule has 1 aromatic rings. The van der Waals surface area contributed by atoms with E-state index in [0.29, 0.717) is 0 Å². The van der Waals surface area contributed by atoms with Crippen LogP contribution in [0.3, 0.4) is 0 Å². The van der Waals surface area contributed by atoms with Gasteiger partial charge in [0.15, 0.2) is 12.2 Å². The number of Topliss-reactive ketones (excluding diaryl/α,β-unsaturated/α-hetero) is 1. The average Bonchev–Trinajstić information content (AvgIpc) is 3.00. The Balaban J connectivity index is 1.99. The molecule has 0 aromatic heterocycles. The zero-order chi connectivity index (χ0) is 19.9. The van der Waals surface area contributed by atoms with Gasteiger partial charge < -0.3 is 39.7 Å². The van der Waals surface area contributed by atoms with Crippen LogP contribution >= 0.6 is 0 Å². The lowest BCUT2D eigenvalue weighted by molar-refractivity contribution is -0.279. The lowest BCUT2D eigenvalue weighted by Gasteiger charge is -2.57. The lowest BCUT2D eigenvalue weighted by atomic mass is 9.55. The molecular formula is C17H18O10. The Bertz CT molecular complexity index is 864. The van der Waals surface area contributed by atoms with Crippen LogP contribution in [0, 0.1) is 0 Å². The van der Waals surface area contributed by atoms with Gasteiger partial charge in [0.05, 0.1) is 12.7 Å². The molecule has 146 valence electrons. The standard InChI is InChI=1S/C17H18O10/c1-15(22)5-16(23)10(19)7-3-6(25-2)4-8(18)9(7)11(20)17(16,24)13-12(15)26-14(21)27-13/h3-4,10,12-13,18-19,22-24H,5H2,1-2H3/t10?,12-,13-,15+,16?,17?/m0/s1. The van der Waals surface area contributed by atoms with Gasteiger partial charge in [-0.15, -0.1) is 0 Å². The summed E-state index contributed by atoms with van der Waals surface area (Å²) < 4.78 is 14.8. The Morgan fingerprint density at radius 2 is 1.78 bits per heavy atom. The second-order valence-corrected chi connectivity index (χ2v) is 7.39. The summed E-state index contributed by atoms with van der Waals surface area (Å²) in [5.41, 5.74) is -8.04. The minimum Gasteiger partial charge on any atom is -0.507 e. The number of carbonyl (C=O) groups excluding carboxylic acids is 2. The maximum absolute atomic E-state index is 13.2. The molecule has 1 aliphatic heterocycles. The van der Waals surface area contributed by atoms with Gasteiger partial charge in [0.25, 0.3) is 0 Å². The number of aliphatic hydroxyl groups is 4. The Hall–Kier alpha value is -2.40. The van der Waals surface area contributed by atoms with Crippen molar-refractivity contribution >= 4 is 11.9 Å². The van der Waals surface area contributed by atoms with Crippen LogP contribution < -0.4 is 4.74 Å². The predicted octanol–water partition coefficient (Wildman–Crippen LogP) is -0.849. The summed E-state index contributed by atoms with van der Waals surface area (Å²) in [5, 5.41) is 54.2. The second kappa shape index (κ2) is 5.10. The van der Waals surface area contributed by atoms with Crippen LogP contribution in [-0.2, 0) is 9.47 Å². The Kier molecular flexibility index (Phi) is 3.40. The van der Waals surface area contributed by atoms with Crippen LogP contribution in [0.4, 0.5) is 4.79 Å². The van der Waals surface area contributed by atoms with E-state index in [2.05, 4.69) is 0 Å². The van der Waals surface area contributed by atoms with Crippen LogP contribution in [0.2, 0.25) is 0 Å². The summed E-state index contributed by atoms with van der Waals surface area (Å²) in [5.74, 6) is -1.67. The summed E-state index contributed by atoms with van der Waals surface area (Å²) in [6.07, 6.45) is -7.12. The van der Waals surface area contributed by atoms with Crippen molar-refractivity contribution in [1.29, 1.82) is 0 Å². The molecule has 10 heteroatoms. The topological polar surface area (TPSA) is 163 Å². The van der Waals surface area contributed by atoms with E-state index in [4.69, 9.17) is 14.2 Å². The summed E-state index contributed by atoms with van der Waals surface area (Å²) in [7, 11) is 1.30. The molecule has 4 rings (SSSR count). The molecule has 1 saturated heterocycles. The van der Waals surface area contributed by atoms with Crippen molar-refractivity contribution in [1.82, 2.24) is 0 Å². The Morgan fingerprint density at radius 3 is 2.41 bits per heavy atom. The van der Waals surface area contributed by atoms with Gasteiger partial charge in [0, 0.05) is 18.1 Å². The highest BCUT2D eigenvalue weighted by molar-refractivity contribution is 6.09. The molecule has 2 fully saturated rings. The number of aromatic hydroxyl groups is 1. The van der Waals surface area contributed by atoms with E-state index in [1.807, 2.05) is 0 Å². The maximum atomic E-state index is 13.2. The van der Waals surface area contributed by atoms with E-state index < -0.39 is 64.8 Å². The fourth-order valence-corrected chi connectivity index (χ4v) is 4.42. The number of phenols is 1. The Morgan fingerprint density at radius 1 is 1.15 bits per heavy atom. The first kappa shape index (κ1) is 18.0. The molecular weight excluding hydrogens is 364 g/mol. The molecule has 6 atom stereocenters. The number of ketones is 1. The third kappa shape index (κ3) is 1.98. The summed E-state index contributed by atoms with van der Waals surface area (Å²) in [6.45, 7) is 1.22. The van der Waals surface area contributed by atoms with Gasteiger partial charge in [-0.05, 0) is 13.0 Å². The first-order valence-corrected chi connectivity index (χ1v) is 8.15. The van der Waals surface area contributed by atoms with E-state index >= 15 is 0 Å². The zero-order valence-electron chi connectivity index (χ0n) is 14.4. The molecule has 1 aromatic carbocycles. The molecule has 10 nitrogen and oxygen atoms in total. The van der Waals surface area contributed by atoms with E-state index in [1.54, 1.807) is 0 Å². The molecule has 1 heterocycles. The van der Waals surface area contributed by atoms with Gasteiger partial charge in [-0.25, -0.2) is 4.79 Å². The van der Waals surface area contributed by atoms with Crippen LogP contribution in [0.5, 0.6) is 11.5 Å². The predicted molar refractivity (Wildman–Crippen MR) is 84.2 cm³/mol. The lowest BCUT2D eigenvalue weighted by Crippen LogP contribution is -2.79. The first-order chi connectivity index (χ1) is 12.5. The van der Waals surface area contributed by atoms with Crippen LogP contribution in [0.25, 0.3) is 0 Å². The molecule has 2 aliphatic carbocycles. The minimum absolute atomic E-state index is 0.100. The van der Waals surface area contributed by atoms with Gasteiger partial charge in [0.1, 0.15) is 28.8 Å². The highest BCUT2D eigenvalue weighted by Crippen LogP contribution is 2.57. The zero-order valence-corrected chi connectivity index (χ0v) is 14.4. The third-order valence-electron chi connectivity index (χ3n) is 5.71. The molecule has 5 N–H and O–H groups in total. The molecule has 27 heavy (non-hydrogen) atoms. The molecule has 3 aliphatic rings. The van der Waals surface area contributed by atoms with Crippen LogP contribution in [0.15, 0.2) is 12.1 Å². The van der Waals surface area contributed by atoms with Gasteiger partial charge in [0.2, 0.25) is 11.4 Å². The molecule has 0 amide bonds. The number of hydrogen-bond acceptors (Lipinski definition) is 10. The third-order valence-corrected chi connectivity index (χ3v) is 5.71. The monoisotopic (exact) mass is 382 g/mol. The van der Waals surface area contributed by atoms with Crippen molar-refractivity contribution in [3.8, 4) is 11.5 Å². The first-order valence-electron chi connectivity index (χ1n) is 8.15.